The van der Waals surface area contributed by atoms with Gasteiger partial charge in [0.2, 0.25) is 0 Å². The first-order chi connectivity index (χ1) is 9.52. The van der Waals surface area contributed by atoms with Crippen LogP contribution in [0.25, 0.3) is 10.9 Å². The SMILES string of the molecule is CCOC(=O)C(N)Cc1c[nH]c2cc([N+](=O)[O-])ccc12. The molecule has 7 heteroatoms. The maximum absolute atomic E-state index is 11.5. The van der Waals surface area contributed by atoms with E-state index >= 15 is 0 Å². The van der Waals surface area contributed by atoms with Crippen molar-refractivity contribution in [3.63, 3.8) is 0 Å². The van der Waals surface area contributed by atoms with Crippen LogP contribution in [0, 0.1) is 10.1 Å². The van der Waals surface area contributed by atoms with E-state index in [-0.39, 0.29) is 12.3 Å². The van der Waals surface area contributed by atoms with Gasteiger partial charge in [0.25, 0.3) is 5.69 Å². The third-order valence-electron chi connectivity index (χ3n) is 2.99. The summed E-state index contributed by atoms with van der Waals surface area (Å²) in [5.41, 5.74) is 7.25. The summed E-state index contributed by atoms with van der Waals surface area (Å²) in [5.74, 6) is -0.455. The van der Waals surface area contributed by atoms with E-state index < -0.39 is 16.9 Å². The molecule has 0 radical (unpaired) electrons. The Balaban J connectivity index is 2.23. The molecule has 2 aromatic rings. The number of ether oxygens (including phenoxy) is 1. The molecule has 0 aliphatic carbocycles. The Morgan fingerprint density at radius 2 is 2.30 bits per heavy atom. The first-order valence-electron chi connectivity index (χ1n) is 6.19. The second-order valence-corrected chi connectivity index (χ2v) is 4.36. The topological polar surface area (TPSA) is 111 Å². The van der Waals surface area contributed by atoms with Gasteiger partial charge < -0.3 is 15.5 Å². The summed E-state index contributed by atoms with van der Waals surface area (Å²) >= 11 is 0. The lowest BCUT2D eigenvalue weighted by Gasteiger charge is -2.09. The Hall–Kier alpha value is -2.41. The fraction of sp³-hybridized carbons (Fsp3) is 0.308. The molecular weight excluding hydrogens is 262 g/mol. The maximum atomic E-state index is 11.5. The molecule has 20 heavy (non-hydrogen) atoms. The van der Waals surface area contributed by atoms with Crippen LogP contribution in [0.5, 0.6) is 0 Å². The lowest BCUT2D eigenvalue weighted by atomic mass is 10.1. The number of aromatic nitrogens is 1. The van der Waals surface area contributed by atoms with Crippen molar-refractivity contribution in [2.75, 3.05) is 6.61 Å². The van der Waals surface area contributed by atoms with Gasteiger partial charge in [0.1, 0.15) is 6.04 Å². The number of nitrogens with two attached hydrogens (primary N) is 1. The van der Waals surface area contributed by atoms with Crippen molar-refractivity contribution in [2.24, 2.45) is 5.73 Å². The summed E-state index contributed by atoms with van der Waals surface area (Å²) in [5, 5.41) is 11.5. The van der Waals surface area contributed by atoms with Crippen molar-refractivity contribution in [1.29, 1.82) is 0 Å². The minimum absolute atomic E-state index is 0.0144. The van der Waals surface area contributed by atoms with Crippen molar-refractivity contribution < 1.29 is 14.5 Å². The van der Waals surface area contributed by atoms with Crippen LogP contribution in [0.15, 0.2) is 24.4 Å². The number of hydrogen-bond acceptors (Lipinski definition) is 5. The molecule has 1 heterocycles. The van der Waals surface area contributed by atoms with Crippen molar-refractivity contribution in [1.82, 2.24) is 4.98 Å². The Labute approximate surface area is 114 Å². The normalized spacial score (nSPS) is 12.3. The van der Waals surface area contributed by atoms with E-state index in [1.165, 1.54) is 12.1 Å². The molecule has 1 aromatic carbocycles. The zero-order chi connectivity index (χ0) is 14.7. The monoisotopic (exact) mass is 277 g/mol. The Morgan fingerprint density at radius 1 is 1.55 bits per heavy atom. The molecular formula is C13H15N3O4. The average Bonchev–Trinajstić information content (AvgIpc) is 2.81. The summed E-state index contributed by atoms with van der Waals surface area (Å²) < 4.78 is 4.85. The van der Waals surface area contributed by atoms with Crippen molar-refractivity contribution in [3.05, 3.63) is 40.1 Å². The highest BCUT2D eigenvalue weighted by atomic mass is 16.6. The van der Waals surface area contributed by atoms with Crippen LogP contribution in [0.2, 0.25) is 0 Å². The van der Waals surface area contributed by atoms with Gasteiger partial charge >= 0.3 is 5.97 Å². The van der Waals surface area contributed by atoms with Crippen molar-refractivity contribution in [2.45, 2.75) is 19.4 Å². The number of nitrogens with one attached hydrogen (secondary N) is 1. The number of esters is 1. The van der Waals surface area contributed by atoms with Gasteiger partial charge in [0, 0.05) is 30.1 Å². The highest BCUT2D eigenvalue weighted by Gasteiger charge is 2.18. The molecule has 0 amide bonds. The average molecular weight is 277 g/mol. The quantitative estimate of drug-likeness (QED) is 0.489. The molecule has 2 rings (SSSR count). The second-order valence-electron chi connectivity index (χ2n) is 4.36. The van der Waals surface area contributed by atoms with Gasteiger partial charge in [-0.25, -0.2) is 0 Å². The number of hydrogen-bond donors (Lipinski definition) is 2. The van der Waals surface area contributed by atoms with Gasteiger partial charge in [-0.05, 0) is 18.6 Å². The van der Waals surface area contributed by atoms with Crippen LogP contribution < -0.4 is 5.73 Å². The molecule has 1 aromatic heterocycles. The minimum atomic E-state index is -0.746. The number of carbonyl (C=O) groups excluding carboxylic acids is 1. The van der Waals surface area contributed by atoms with Crippen LogP contribution in [-0.2, 0) is 16.0 Å². The van der Waals surface area contributed by atoms with E-state index in [4.69, 9.17) is 10.5 Å². The zero-order valence-corrected chi connectivity index (χ0v) is 11.0. The van der Waals surface area contributed by atoms with E-state index in [9.17, 15) is 14.9 Å². The Kier molecular flexibility index (Phi) is 3.99. The van der Waals surface area contributed by atoms with Crippen LogP contribution in [0.1, 0.15) is 12.5 Å². The molecule has 1 atom stereocenters. The molecule has 1 unspecified atom stereocenters. The third-order valence-corrected chi connectivity index (χ3v) is 2.99. The van der Waals surface area contributed by atoms with Crippen LogP contribution in [-0.4, -0.2) is 28.5 Å². The standard InChI is InChI=1S/C13H15N3O4/c1-2-20-13(17)11(14)5-8-7-15-12-6-9(16(18)19)3-4-10(8)12/h3-4,6-7,11,15H,2,5,14H2,1H3. The number of nitrogens with zero attached hydrogens (tertiary/aromatic N) is 1. The van der Waals surface area contributed by atoms with E-state index in [0.717, 1.165) is 10.9 Å². The van der Waals surface area contributed by atoms with E-state index in [1.54, 1.807) is 19.2 Å². The molecule has 0 aliphatic heterocycles. The fourth-order valence-electron chi connectivity index (χ4n) is 2.03. The van der Waals surface area contributed by atoms with Gasteiger partial charge in [-0.1, -0.05) is 0 Å². The summed E-state index contributed by atoms with van der Waals surface area (Å²) in [6.45, 7) is 2.00. The summed E-state index contributed by atoms with van der Waals surface area (Å²) in [4.78, 5) is 24.7. The molecule has 0 fully saturated rings. The number of nitro groups is 1. The number of aromatic amines is 1. The number of nitro benzene ring substituents is 1. The number of carbonyl (C=O) groups is 1. The predicted molar refractivity (Wildman–Crippen MR) is 73.3 cm³/mol. The number of rotatable bonds is 5. The molecule has 0 saturated carbocycles. The Morgan fingerprint density at radius 3 is 2.95 bits per heavy atom. The molecule has 0 saturated heterocycles. The van der Waals surface area contributed by atoms with Gasteiger partial charge in [0.15, 0.2) is 0 Å². The van der Waals surface area contributed by atoms with Crippen molar-refractivity contribution >= 4 is 22.6 Å². The Bertz CT molecular complexity index is 650. The largest absolute Gasteiger partial charge is 0.465 e. The second kappa shape index (κ2) is 5.70. The molecule has 0 aliphatic rings. The lowest BCUT2D eigenvalue weighted by Crippen LogP contribution is -2.34. The molecule has 3 N–H and O–H groups in total. The first-order valence-corrected chi connectivity index (χ1v) is 6.19. The van der Waals surface area contributed by atoms with Gasteiger partial charge in [-0.15, -0.1) is 0 Å². The van der Waals surface area contributed by atoms with Crippen LogP contribution >= 0.6 is 0 Å². The highest BCUT2D eigenvalue weighted by molar-refractivity contribution is 5.86. The number of H-pyrrole nitrogens is 1. The van der Waals surface area contributed by atoms with Gasteiger partial charge in [-0.2, -0.15) is 0 Å². The lowest BCUT2D eigenvalue weighted by molar-refractivity contribution is -0.384. The van der Waals surface area contributed by atoms with E-state index in [2.05, 4.69) is 4.98 Å². The summed E-state index contributed by atoms with van der Waals surface area (Å²) in [6, 6.07) is 3.78. The zero-order valence-electron chi connectivity index (χ0n) is 11.0. The van der Waals surface area contributed by atoms with E-state index in [1.807, 2.05) is 0 Å². The predicted octanol–water partition coefficient (Wildman–Crippen LogP) is 1.51. The fourth-order valence-corrected chi connectivity index (χ4v) is 2.03. The molecule has 0 bridgehead atoms. The molecule has 106 valence electrons. The maximum Gasteiger partial charge on any atom is 0.323 e. The number of benzene rings is 1. The van der Waals surface area contributed by atoms with E-state index in [0.29, 0.717) is 11.9 Å². The minimum Gasteiger partial charge on any atom is -0.465 e. The smallest absolute Gasteiger partial charge is 0.323 e. The number of non-ortho nitro benzene ring substituents is 1. The summed E-state index contributed by atoms with van der Waals surface area (Å²) in [7, 11) is 0. The van der Waals surface area contributed by atoms with Crippen molar-refractivity contribution in [3.8, 4) is 0 Å². The van der Waals surface area contributed by atoms with Crippen LogP contribution in [0.4, 0.5) is 5.69 Å². The summed E-state index contributed by atoms with van der Waals surface area (Å²) in [6.07, 6.45) is 2.02. The molecule has 7 nitrogen and oxygen atoms in total. The third kappa shape index (κ3) is 2.77. The van der Waals surface area contributed by atoms with Gasteiger partial charge in [-0.3, -0.25) is 14.9 Å². The van der Waals surface area contributed by atoms with Crippen LogP contribution in [0.3, 0.4) is 0 Å². The number of fused-ring (bicyclic) bond motifs is 1. The highest BCUT2D eigenvalue weighted by Crippen LogP contribution is 2.24. The molecule has 0 spiro atoms. The first kappa shape index (κ1) is 14.0. The van der Waals surface area contributed by atoms with Gasteiger partial charge in [0.05, 0.1) is 17.0 Å².